The predicted octanol–water partition coefficient (Wildman–Crippen LogP) is 12.5. The predicted molar refractivity (Wildman–Crippen MR) is 278 cm³/mol. The molecule has 0 aromatic rings. The highest BCUT2D eigenvalue weighted by molar-refractivity contribution is 5.78. The summed E-state index contributed by atoms with van der Waals surface area (Å²) in [4.78, 5) is 60.3. The first kappa shape index (κ1) is 55.1. The Morgan fingerprint density at radius 2 is 1.19 bits per heavy atom. The number of ether oxygens (including phenoxy) is 5. The lowest BCUT2D eigenvalue weighted by Gasteiger charge is -2.59. The third-order valence-electron chi connectivity index (χ3n) is 23.0. The molecule has 11 heteroatoms. The van der Waals surface area contributed by atoms with Crippen LogP contribution in [0.25, 0.3) is 0 Å². The second-order valence-electron chi connectivity index (χ2n) is 28.8. The minimum absolute atomic E-state index is 0.0135. The summed E-state index contributed by atoms with van der Waals surface area (Å²) in [5, 5.41) is 10.6. The summed E-state index contributed by atoms with van der Waals surface area (Å²) >= 11 is 0. The lowest BCUT2D eigenvalue weighted by atomic mass is 9.50. The molecule has 13 saturated carbocycles. The van der Waals surface area contributed by atoms with Crippen LogP contribution in [0.5, 0.6) is 0 Å². The number of hydrogen-bond acceptors (Lipinski definition) is 11. The van der Waals surface area contributed by atoms with E-state index in [1.807, 2.05) is 55.4 Å². The zero-order chi connectivity index (χ0) is 52.8. The van der Waals surface area contributed by atoms with E-state index < -0.39 is 5.60 Å². The summed E-state index contributed by atoms with van der Waals surface area (Å²) in [6.07, 6.45) is 23.8. The Kier molecular flexibility index (Phi) is 15.3. The Morgan fingerprint density at radius 3 is 1.75 bits per heavy atom. The fourth-order valence-electron chi connectivity index (χ4n) is 18.0. The van der Waals surface area contributed by atoms with Gasteiger partial charge in [0.25, 0.3) is 0 Å². The van der Waals surface area contributed by atoms with Crippen LogP contribution in [0.3, 0.4) is 0 Å². The summed E-state index contributed by atoms with van der Waals surface area (Å²) in [5.41, 5.74) is -1.88. The van der Waals surface area contributed by atoms with Gasteiger partial charge >= 0.3 is 29.8 Å². The highest BCUT2D eigenvalue weighted by Crippen LogP contribution is 2.64. The van der Waals surface area contributed by atoms with Crippen LogP contribution < -0.4 is 0 Å². The molecule has 1 N–H and O–H groups in total. The van der Waals surface area contributed by atoms with Gasteiger partial charge in [0.2, 0.25) is 0 Å². The molecule has 1 heterocycles. The third-order valence-corrected chi connectivity index (χ3v) is 23.0. The van der Waals surface area contributed by atoms with Crippen molar-refractivity contribution in [3.05, 3.63) is 0 Å². The van der Waals surface area contributed by atoms with E-state index in [1.165, 1.54) is 64.2 Å². The number of rotatable bonds is 12. The Hall–Kier alpha value is -2.69. The van der Waals surface area contributed by atoms with Crippen molar-refractivity contribution in [2.75, 3.05) is 0 Å². The van der Waals surface area contributed by atoms with Crippen LogP contribution in [0.2, 0.25) is 0 Å². The summed E-state index contributed by atoms with van der Waals surface area (Å²) in [6.45, 7) is 24.4. The van der Waals surface area contributed by atoms with Crippen LogP contribution in [0.15, 0.2) is 0 Å². The molecule has 0 aromatic carbocycles. The van der Waals surface area contributed by atoms with Gasteiger partial charge in [0.15, 0.2) is 0 Å². The Morgan fingerprint density at radius 1 is 0.644 bits per heavy atom. The van der Waals surface area contributed by atoms with Crippen LogP contribution in [0, 0.1) is 99.6 Å². The van der Waals surface area contributed by atoms with Crippen molar-refractivity contribution in [1.82, 2.24) is 0 Å². The third kappa shape index (κ3) is 10.5. The highest BCUT2D eigenvalue weighted by atomic mass is 16.6. The molecule has 0 aromatic heterocycles. The topological polar surface area (TPSA) is 152 Å². The molecule has 1 aliphatic heterocycles. The highest BCUT2D eigenvalue weighted by Gasteiger charge is 2.65. The van der Waals surface area contributed by atoms with E-state index in [2.05, 4.69) is 27.7 Å². The molecule has 0 spiro atoms. The van der Waals surface area contributed by atoms with Gasteiger partial charge in [-0.25, -0.2) is 0 Å². The van der Waals surface area contributed by atoms with Gasteiger partial charge in [-0.05, 0) is 223 Å². The van der Waals surface area contributed by atoms with E-state index >= 15 is 0 Å². The van der Waals surface area contributed by atoms with E-state index in [0.29, 0.717) is 47.8 Å². The molecule has 14 atom stereocenters. The van der Waals surface area contributed by atoms with Crippen molar-refractivity contribution in [3.63, 3.8) is 0 Å². The van der Waals surface area contributed by atoms with E-state index in [0.717, 1.165) is 100 Å². The first-order chi connectivity index (χ1) is 34.3. The molecular formula is C62H98O11. The van der Waals surface area contributed by atoms with E-state index in [4.69, 9.17) is 23.7 Å². The average molecular weight is 1020 g/mol. The maximum Gasteiger partial charge on any atom is 0.312 e. The van der Waals surface area contributed by atoms with Crippen LogP contribution in [-0.4, -0.2) is 69.6 Å². The number of carbonyl (C=O) groups excluding carboxylic acids is 5. The number of esters is 5. The largest absolute Gasteiger partial charge is 0.459 e. The van der Waals surface area contributed by atoms with E-state index in [1.54, 1.807) is 0 Å². The van der Waals surface area contributed by atoms with Crippen LogP contribution in [0.1, 0.15) is 224 Å². The van der Waals surface area contributed by atoms with Gasteiger partial charge in [0, 0.05) is 24.2 Å². The molecule has 1 saturated heterocycles. The van der Waals surface area contributed by atoms with Crippen molar-refractivity contribution in [3.8, 4) is 0 Å². The number of aliphatic hydroxyl groups is 1. The Bertz CT molecular complexity index is 2030. The fourth-order valence-corrected chi connectivity index (χ4v) is 18.0. The number of hydrogen-bond donors (Lipinski definition) is 1. The summed E-state index contributed by atoms with van der Waals surface area (Å²) in [5.74, 6) is 7.90. The van der Waals surface area contributed by atoms with Gasteiger partial charge in [0.1, 0.15) is 29.0 Å². The minimum Gasteiger partial charge on any atom is -0.459 e. The molecule has 0 amide bonds. The maximum absolute atomic E-state index is 12.5. The minimum atomic E-state index is -0.542. The van der Waals surface area contributed by atoms with Gasteiger partial charge in [-0.1, -0.05) is 48.0 Å². The first-order valence-electron chi connectivity index (χ1n) is 30.1. The quantitative estimate of drug-likeness (QED) is 0.147. The number of carbonyl (C=O) groups is 5. The molecular weight excluding hydrogens is 921 g/mol. The molecule has 0 radical (unpaired) electrons. The molecule has 412 valence electrons. The standard InChI is InChI=1S/2C17H28O2.C15H24O3.C13H18O4/c1-5-16(2,3)15(18)19-17(4)13-7-11-6-12(9-13)10-14(17)8-11;1-5-16(2,3)15(18)19-17(4)10-11-9-14(17)13-8-6-7-12(11)13;1-3-10(2)13(16)18-15-7-11-4-12(8-15)6-14(17,5-11)9-15;1-3-6(2)12(14)16-10-7-4-8-9(5-7)13(15)17-11(8)10/h2*11-14H,5-10H2,1-4H3;10-12,17H,3-9H2,1-2H3;6-11H,3-5H2,1-2H3. The first-order valence-corrected chi connectivity index (χ1v) is 30.1. The van der Waals surface area contributed by atoms with Crippen molar-refractivity contribution in [2.45, 2.75) is 259 Å². The molecule has 13 aliphatic carbocycles. The van der Waals surface area contributed by atoms with E-state index in [9.17, 15) is 29.1 Å². The molecule has 14 rings (SSSR count). The van der Waals surface area contributed by atoms with Crippen molar-refractivity contribution in [1.29, 1.82) is 0 Å². The average Bonchev–Trinajstić information content (AvgIpc) is 4.19. The maximum atomic E-state index is 12.5. The lowest BCUT2D eigenvalue weighted by Crippen LogP contribution is -2.60. The zero-order valence-electron chi connectivity index (χ0n) is 47.4. The summed E-state index contributed by atoms with van der Waals surface area (Å²) in [7, 11) is 0. The van der Waals surface area contributed by atoms with Gasteiger partial charge in [-0.2, -0.15) is 0 Å². The molecule has 14 unspecified atom stereocenters. The van der Waals surface area contributed by atoms with E-state index in [-0.39, 0.29) is 87.4 Å². The molecule has 14 aliphatic rings. The Labute approximate surface area is 439 Å². The van der Waals surface area contributed by atoms with Crippen molar-refractivity contribution in [2.24, 2.45) is 99.6 Å². The SMILES string of the molecule is CCC(C)(C)C(=O)OC1(C)C2CC3CC(C2)CC1C3.CCC(C)(C)C(=O)OC1(C)CC2CC1C1CCCC21.CCC(C)C(=O)OC12CC3CC(CC(O)(C3)C1)C2.CCC(C)C(=O)OC1C2CC3C(=O)OC1C3C2. The smallest absolute Gasteiger partial charge is 0.312 e. The lowest BCUT2D eigenvalue weighted by molar-refractivity contribution is -0.222. The Balaban J connectivity index is 0.000000120. The molecule has 73 heavy (non-hydrogen) atoms. The van der Waals surface area contributed by atoms with Gasteiger partial charge in [-0.3, -0.25) is 24.0 Å². The molecule has 14 fully saturated rings. The monoisotopic (exact) mass is 1020 g/mol. The second-order valence-corrected chi connectivity index (χ2v) is 28.8. The van der Waals surface area contributed by atoms with Crippen LogP contribution in [-0.2, 0) is 47.7 Å². The van der Waals surface area contributed by atoms with Gasteiger partial charge in [0.05, 0.1) is 34.2 Å². The zero-order valence-corrected chi connectivity index (χ0v) is 47.4. The normalized spacial score (nSPS) is 44.9. The molecule has 12 bridgehead atoms. The summed E-state index contributed by atoms with van der Waals surface area (Å²) in [6, 6.07) is 0. The van der Waals surface area contributed by atoms with Gasteiger partial charge < -0.3 is 28.8 Å². The van der Waals surface area contributed by atoms with Crippen LogP contribution >= 0.6 is 0 Å². The summed E-state index contributed by atoms with van der Waals surface area (Å²) < 4.78 is 29.0. The van der Waals surface area contributed by atoms with Crippen LogP contribution in [0.4, 0.5) is 0 Å². The van der Waals surface area contributed by atoms with Crippen molar-refractivity contribution < 1.29 is 52.8 Å². The number of fused-ring (bicyclic) bond motifs is 6. The molecule has 11 nitrogen and oxygen atoms in total. The van der Waals surface area contributed by atoms with Crippen molar-refractivity contribution >= 4 is 29.8 Å². The second kappa shape index (κ2) is 20.3. The van der Waals surface area contributed by atoms with Gasteiger partial charge in [-0.15, -0.1) is 0 Å². The fraction of sp³-hybridized carbons (Fsp3) is 0.919.